The number of piperazine rings is 1. The first kappa shape index (κ1) is 25.2. The number of benzene rings is 2. The highest BCUT2D eigenvalue weighted by Crippen LogP contribution is 2.37. The molecular weight excluding hydrogens is 490 g/mol. The van der Waals surface area contributed by atoms with Crippen LogP contribution in [0, 0.1) is 5.82 Å². The first-order chi connectivity index (χ1) is 16.7. The van der Waals surface area contributed by atoms with Crippen molar-refractivity contribution < 1.29 is 13.9 Å². The topological polar surface area (TPSA) is 71.7 Å². The second-order valence-corrected chi connectivity index (χ2v) is 9.47. The van der Waals surface area contributed by atoms with Gasteiger partial charge in [-0.3, -0.25) is 4.79 Å². The van der Waals surface area contributed by atoms with Crippen molar-refractivity contribution in [3.63, 3.8) is 0 Å². The Morgan fingerprint density at radius 3 is 2.49 bits per heavy atom. The van der Waals surface area contributed by atoms with Gasteiger partial charge in [0.05, 0.1) is 11.4 Å². The van der Waals surface area contributed by atoms with Crippen molar-refractivity contribution in [1.82, 2.24) is 14.8 Å². The standard InChI is InChI=1S/C26H27Cl2FN4O2/c1-16(24-20(27)7-8-21(29)25(24)28)35-22-14-19(15-31-26(22)30)18-5-3-17(4-6-18)13-23(34)33-11-9-32(2)10-12-33/h3-8,14-16H,9-13H2,1-2H3,(H2,30,31). The van der Waals surface area contributed by atoms with Gasteiger partial charge in [0.2, 0.25) is 5.91 Å². The van der Waals surface area contributed by atoms with E-state index in [1.165, 1.54) is 12.1 Å². The summed E-state index contributed by atoms with van der Waals surface area (Å²) in [6.45, 7) is 5.03. The number of anilines is 1. The largest absolute Gasteiger partial charge is 0.482 e. The molecule has 1 fully saturated rings. The molecule has 4 rings (SSSR count). The van der Waals surface area contributed by atoms with Crippen molar-refractivity contribution in [3.8, 4) is 16.9 Å². The molecular formula is C26H27Cl2FN4O2. The number of halogens is 3. The summed E-state index contributed by atoms with van der Waals surface area (Å²) in [7, 11) is 2.06. The van der Waals surface area contributed by atoms with E-state index in [1.807, 2.05) is 29.2 Å². The molecule has 6 nitrogen and oxygen atoms in total. The van der Waals surface area contributed by atoms with Crippen LogP contribution >= 0.6 is 23.2 Å². The molecule has 1 unspecified atom stereocenters. The minimum Gasteiger partial charge on any atom is -0.482 e. The van der Waals surface area contributed by atoms with Crippen LogP contribution in [0.1, 0.15) is 24.2 Å². The predicted molar refractivity (Wildman–Crippen MR) is 137 cm³/mol. The van der Waals surface area contributed by atoms with Crippen LogP contribution in [0.25, 0.3) is 11.1 Å². The Bertz CT molecular complexity index is 1210. The molecule has 0 bridgehead atoms. The molecule has 2 heterocycles. The average molecular weight is 517 g/mol. The van der Waals surface area contributed by atoms with Gasteiger partial charge in [-0.2, -0.15) is 0 Å². The zero-order chi connectivity index (χ0) is 25.1. The van der Waals surface area contributed by atoms with E-state index in [0.29, 0.717) is 22.8 Å². The number of hydrogen-bond acceptors (Lipinski definition) is 5. The Hall–Kier alpha value is -2.87. The van der Waals surface area contributed by atoms with Gasteiger partial charge in [-0.1, -0.05) is 47.5 Å². The van der Waals surface area contributed by atoms with Gasteiger partial charge in [-0.15, -0.1) is 0 Å². The van der Waals surface area contributed by atoms with Crippen LogP contribution in [0.4, 0.5) is 10.2 Å². The molecule has 0 radical (unpaired) electrons. The van der Waals surface area contributed by atoms with Gasteiger partial charge in [-0.25, -0.2) is 9.37 Å². The first-order valence-electron chi connectivity index (χ1n) is 11.3. The van der Waals surface area contributed by atoms with Crippen LogP contribution in [-0.4, -0.2) is 53.9 Å². The van der Waals surface area contributed by atoms with Crippen LogP contribution in [0.5, 0.6) is 5.75 Å². The number of carbonyl (C=O) groups excluding carboxylic acids is 1. The molecule has 35 heavy (non-hydrogen) atoms. The Balaban J connectivity index is 1.47. The maximum Gasteiger partial charge on any atom is 0.227 e. The summed E-state index contributed by atoms with van der Waals surface area (Å²) < 4.78 is 19.9. The van der Waals surface area contributed by atoms with Gasteiger partial charge in [0.15, 0.2) is 11.6 Å². The Labute approximate surface area is 214 Å². The lowest BCUT2D eigenvalue weighted by Crippen LogP contribution is -2.47. The summed E-state index contributed by atoms with van der Waals surface area (Å²) in [5.41, 5.74) is 9.01. The van der Waals surface area contributed by atoms with E-state index in [4.69, 9.17) is 33.7 Å². The summed E-state index contributed by atoms with van der Waals surface area (Å²) in [6.07, 6.45) is 1.36. The van der Waals surface area contributed by atoms with Crippen molar-refractivity contribution in [2.45, 2.75) is 19.4 Å². The van der Waals surface area contributed by atoms with Crippen molar-refractivity contribution in [1.29, 1.82) is 0 Å². The van der Waals surface area contributed by atoms with Crippen molar-refractivity contribution in [2.75, 3.05) is 39.0 Å². The Morgan fingerprint density at radius 2 is 1.80 bits per heavy atom. The molecule has 1 saturated heterocycles. The van der Waals surface area contributed by atoms with E-state index in [-0.39, 0.29) is 16.7 Å². The monoisotopic (exact) mass is 516 g/mol. The summed E-state index contributed by atoms with van der Waals surface area (Å²) in [5.74, 6) is 0.0891. The van der Waals surface area contributed by atoms with E-state index in [0.717, 1.165) is 42.9 Å². The number of rotatable bonds is 6. The number of hydrogen-bond donors (Lipinski definition) is 1. The van der Waals surface area contributed by atoms with Crippen molar-refractivity contribution >= 4 is 34.9 Å². The second kappa shape index (κ2) is 10.8. The first-order valence-corrected chi connectivity index (χ1v) is 12.1. The normalized spacial score (nSPS) is 15.2. The molecule has 1 atom stereocenters. The van der Waals surface area contributed by atoms with Gasteiger partial charge in [0.1, 0.15) is 11.9 Å². The van der Waals surface area contributed by atoms with Gasteiger partial charge in [-0.05, 0) is 43.3 Å². The highest BCUT2D eigenvalue weighted by molar-refractivity contribution is 6.36. The molecule has 1 aliphatic heterocycles. The SMILES string of the molecule is CC(Oc1cc(-c2ccc(CC(=O)N3CCN(C)CC3)cc2)cnc1N)c1c(Cl)ccc(F)c1Cl. The number of aromatic nitrogens is 1. The number of ether oxygens (including phenoxy) is 1. The fourth-order valence-corrected chi connectivity index (χ4v) is 4.71. The maximum atomic E-state index is 13.9. The quantitative estimate of drug-likeness (QED) is 0.454. The van der Waals surface area contributed by atoms with Crippen LogP contribution in [-0.2, 0) is 11.2 Å². The Morgan fingerprint density at radius 1 is 1.11 bits per heavy atom. The number of likely N-dealkylation sites (N-methyl/N-ethyl adjacent to an activating group) is 1. The highest BCUT2D eigenvalue weighted by atomic mass is 35.5. The molecule has 2 aromatic carbocycles. The second-order valence-electron chi connectivity index (χ2n) is 8.68. The molecule has 3 aromatic rings. The van der Waals surface area contributed by atoms with E-state index in [2.05, 4.69) is 16.9 Å². The Kier molecular flexibility index (Phi) is 7.79. The lowest BCUT2D eigenvalue weighted by Gasteiger charge is -2.32. The van der Waals surface area contributed by atoms with Crippen LogP contribution in [0.3, 0.4) is 0 Å². The summed E-state index contributed by atoms with van der Waals surface area (Å²) in [4.78, 5) is 21.0. The molecule has 0 aliphatic carbocycles. The molecule has 0 saturated carbocycles. The maximum absolute atomic E-state index is 13.9. The van der Waals surface area contributed by atoms with Crippen LogP contribution in [0.2, 0.25) is 10.0 Å². The van der Waals surface area contributed by atoms with Crippen LogP contribution in [0.15, 0.2) is 48.7 Å². The lowest BCUT2D eigenvalue weighted by atomic mass is 10.0. The van der Waals surface area contributed by atoms with E-state index in [1.54, 1.807) is 19.2 Å². The van der Waals surface area contributed by atoms with Gasteiger partial charge in [0, 0.05) is 48.5 Å². The van der Waals surface area contributed by atoms with Crippen LogP contribution < -0.4 is 10.5 Å². The van der Waals surface area contributed by atoms with Crippen molar-refractivity contribution in [2.24, 2.45) is 0 Å². The van der Waals surface area contributed by atoms with E-state index < -0.39 is 11.9 Å². The molecule has 1 aliphatic rings. The van der Waals surface area contributed by atoms with E-state index >= 15 is 0 Å². The van der Waals surface area contributed by atoms with Gasteiger partial charge < -0.3 is 20.3 Å². The van der Waals surface area contributed by atoms with Gasteiger partial charge >= 0.3 is 0 Å². The van der Waals surface area contributed by atoms with E-state index in [9.17, 15) is 9.18 Å². The average Bonchev–Trinajstić information content (AvgIpc) is 2.84. The summed E-state index contributed by atoms with van der Waals surface area (Å²) in [5, 5.41) is 0.211. The summed E-state index contributed by atoms with van der Waals surface area (Å²) in [6, 6.07) is 12.2. The zero-order valence-electron chi connectivity index (χ0n) is 19.6. The smallest absolute Gasteiger partial charge is 0.227 e. The molecule has 184 valence electrons. The fourth-order valence-electron chi connectivity index (χ4n) is 4.03. The predicted octanol–water partition coefficient (Wildman–Crippen LogP) is 5.23. The van der Waals surface area contributed by atoms with Crippen molar-refractivity contribution in [3.05, 3.63) is 75.7 Å². The lowest BCUT2D eigenvalue weighted by molar-refractivity contribution is -0.132. The molecule has 0 spiro atoms. The number of pyridine rings is 1. The highest BCUT2D eigenvalue weighted by Gasteiger charge is 2.21. The minimum atomic E-state index is -0.659. The minimum absolute atomic E-state index is 0.0885. The molecule has 1 amide bonds. The number of nitrogen functional groups attached to an aromatic ring is 1. The van der Waals surface area contributed by atoms with Gasteiger partial charge in [0.25, 0.3) is 0 Å². The summed E-state index contributed by atoms with van der Waals surface area (Å²) >= 11 is 12.3. The number of carbonyl (C=O) groups is 1. The molecule has 1 aromatic heterocycles. The third-order valence-electron chi connectivity index (χ3n) is 6.17. The third-order valence-corrected chi connectivity index (χ3v) is 6.88. The fraction of sp³-hybridized carbons (Fsp3) is 0.308. The number of nitrogens with zero attached hydrogens (tertiary/aromatic N) is 3. The number of nitrogens with two attached hydrogens (primary N) is 1. The molecule has 9 heteroatoms. The molecule has 2 N–H and O–H groups in total. The zero-order valence-corrected chi connectivity index (χ0v) is 21.1. The third kappa shape index (κ3) is 5.86. The number of amides is 1.